The zero-order valence-corrected chi connectivity index (χ0v) is 18.6. The van der Waals surface area contributed by atoms with E-state index in [2.05, 4.69) is 5.32 Å². The van der Waals surface area contributed by atoms with E-state index in [1.54, 1.807) is 54.6 Å². The molecule has 3 rings (SSSR count). The number of carbonyl (C=O) groups excluding carboxylic acids is 1. The summed E-state index contributed by atoms with van der Waals surface area (Å²) in [7, 11) is 0. The highest BCUT2D eigenvalue weighted by atomic mass is 35.5. The van der Waals surface area contributed by atoms with Gasteiger partial charge in [0.2, 0.25) is 5.91 Å². The number of hydrogen-bond acceptors (Lipinski definition) is 4. The first-order valence-corrected chi connectivity index (χ1v) is 11.1. The summed E-state index contributed by atoms with van der Waals surface area (Å²) in [5.41, 5.74) is 1.78. The predicted molar refractivity (Wildman–Crippen MR) is 122 cm³/mol. The molecule has 0 aliphatic carbocycles. The van der Waals surface area contributed by atoms with Crippen LogP contribution < -0.4 is 15.2 Å². The molecule has 30 heavy (non-hydrogen) atoms. The van der Waals surface area contributed by atoms with Crippen molar-refractivity contribution in [1.29, 1.82) is 0 Å². The highest BCUT2D eigenvalue weighted by Gasteiger charge is 2.17. The van der Waals surface area contributed by atoms with Gasteiger partial charge >= 0.3 is 0 Å². The molecule has 1 atom stereocenters. The first kappa shape index (κ1) is 22.7. The highest BCUT2D eigenvalue weighted by Crippen LogP contribution is 2.29. The fraction of sp³-hybridized carbons (Fsp3) is 0.0952. The van der Waals surface area contributed by atoms with Crippen LogP contribution in [0.4, 0.5) is 5.69 Å². The lowest BCUT2D eigenvalue weighted by molar-refractivity contribution is -0.115. The number of ether oxygens (including phenoxy) is 1. The Morgan fingerprint density at radius 1 is 1.00 bits per heavy atom. The Kier molecular flexibility index (Phi) is 7.88. The molecule has 0 aliphatic heterocycles. The SMILES string of the molecule is N[S+]([O-])c1cc(NC(=O)Cc2ccccc2Cl)ccc1COc1ccc(Cl)cc1Cl. The molecule has 0 heterocycles. The summed E-state index contributed by atoms with van der Waals surface area (Å²) in [5.74, 6) is 0.181. The van der Waals surface area contributed by atoms with Crippen molar-refractivity contribution >= 4 is 57.8 Å². The van der Waals surface area contributed by atoms with E-state index in [0.29, 0.717) is 42.5 Å². The minimum Gasteiger partial charge on any atom is -0.593 e. The minimum atomic E-state index is -1.78. The highest BCUT2D eigenvalue weighted by molar-refractivity contribution is 7.89. The van der Waals surface area contributed by atoms with Crippen LogP contribution in [0.2, 0.25) is 15.1 Å². The van der Waals surface area contributed by atoms with Crippen LogP contribution in [0.3, 0.4) is 0 Å². The van der Waals surface area contributed by atoms with Crippen LogP contribution in [0.25, 0.3) is 0 Å². The largest absolute Gasteiger partial charge is 0.593 e. The normalized spacial score (nSPS) is 11.8. The van der Waals surface area contributed by atoms with Crippen molar-refractivity contribution in [2.24, 2.45) is 5.14 Å². The van der Waals surface area contributed by atoms with E-state index < -0.39 is 11.4 Å². The first-order chi connectivity index (χ1) is 14.3. The molecule has 5 nitrogen and oxygen atoms in total. The van der Waals surface area contributed by atoms with Gasteiger partial charge in [0.25, 0.3) is 0 Å². The van der Waals surface area contributed by atoms with E-state index in [9.17, 15) is 9.35 Å². The monoisotopic (exact) mass is 482 g/mol. The van der Waals surface area contributed by atoms with Crippen molar-refractivity contribution in [3.63, 3.8) is 0 Å². The summed E-state index contributed by atoms with van der Waals surface area (Å²) in [4.78, 5) is 12.7. The zero-order valence-electron chi connectivity index (χ0n) is 15.5. The second-order valence-corrected chi connectivity index (χ2v) is 8.59. The van der Waals surface area contributed by atoms with Gasteiger partial charge in [-0.1, -0.05) is 53.0 Å². The molecular weight excluding hydrogens is 467 g/mol. The molecule has 1 amide bonds. The Labute approximate surface area is 192 Å². The Morgan fingerprint density at radius 2 is 1.77 bits per heavy atom. The van der Waals surface area contributed by atoms with Crippen molar-refractivity contribution in [1.82, 2.24) is 0 Å². The predicted octanol–water partition coefficient (Wildman–Crippen LogP) is 5.39. The number of nitrogens with two attached hydrogens (primary N) is 1. The number of halogens is 3. The Hall–Kier alpha value is -1.93. The van der Waals surface area contributed by atoms with Crippen LogP contribution in [0, 0.1) is 0 Å². The molecule has 3 N–H and O–H groups in total. The van der Waals surface area contributed by atoms with E-state index in [1.165, 1.54) is 0 Å². The molecule has 3 aromatic carbocycles. The Bertz CT molecular complexity index is 1060. The number of amides is 1. The van der Waals surface area contributed by atoms with Crippen molar-refractivity contribution in [2.45, 2.75) is 17.9 Å². The standard InChI is InChI=1S/C21H17Cl3N2O3S/c22-15-6-8-19(18(24)10-15)29-12-14-5-7-16(11-20(14)30(25)28)26-21(27)9-13-3-1-2-4-17(13)23/h1-8,10-11H,9,12,25H2,(H,26,27). The van der Waals surface area contributed by atoms with Crippen LogP contribution in [-0.2, 0) is 29.2 Å². The molecule has 0 saturated carbocycles. The number of hydrogen-bond donors (Lipinski definition) is 2. The van der Waals surface area contributed by atoms with Gasteiger partial charge in [0, 0.05) is 27.4 Å². The van der Waals surface area contributed by atoms with Gasteiger partial charge in [-0.25, -0.2) is 0 Å². The molecule has 0 spiro atoms. The van der Waals surface area contributed by atoms with Crippen LogP contribution in [0.15, 0.2) is 65.6 Å². The van der Waals surface area contributed by atoms with Gasteiger partial charge in [-0.05, 0) is 42.0 Å². The summed E-state index contributed by atoms with van der Waals surface area (Å²) in [6.07, 6.45) is 0.112. The maximum Gasteiger partial charge on any atom is 0.228 e. The van der Waals surface area contributed by atoms with Gasteiger partial charge in [0.05, 0.1) is 22.8 Å². The zero-order chi connectivity index (χ0) is 21.7. The summed E-state index contributed by atoms with van der Waals surface area (Å²) in [6, 6.07) is 16.9. The van der Waals surface area contributed by atoms with Gasteiger partial charge in [-0.3, -0.25) is 4.79 Å². The van der Waals surface area contributed by atoms with Crippen molar-refractivity contribution in [3.05, 3.63) is 86.9 Å². The lowest BCUT2D eigenvalue weighted by Crippen LogP contribution is -2.18. The van der Waals surface area contributed by atoms with E-state index in [4.69, 9.17) is 44.7 Å². The van der Waals surface area contributed by atoms with Gasteiger partial charge < -0.3 is 14.6 Å². The fourth-order valence-corrected chi connectivity index (χ4v) is 4.00. The molecule has 1 unspecified atom stereocenters. The van der Waals surface area contributed by atoms with Crippen LogP contribution >= 0.6 is 34.8 Å². The lowest BCUT2D eigenvalue weighted by Gasteiger charge is -2.14. The molecule has 156 valence electrons. The van der Waals surface area contributed by atoms with Crippen molar-refractivity contribution < 1.29 is 14.1 Å². The van der Waals surface area contributed by atoms with Crippen molar-refractivity contribution in [3.8, 4) is 5.75 Å². The average molecular weight is 484 g/mol. The average Bonchev–Trinajstić information content (AvgIpc) is 2.69. The molecule has 0 aliphatic rings. The van der Waals surface area contributed by atoms with E-state index in [0.717, 1.165) is 0 Å². The molecular formula is C21H17Cl3N2O3S. The van der Waals surface area contributed by atoms with E-state index >= 15 is 0 Å². The minimum absolute atomic E-state index is 0.0907. The first-order valence-electron chi connectivity index (χ1n) is 8.73. The van der Waals surface area contributed by atoms with Gasteiger partial charge in [-0.15, -0.1) is 5.14 Å². The Morgan fingerprint density at radius 3 is 2.47 bits per heavy atom. The van der Waals surface area contributed by atoms with E-state index in [1.807, 2.05) is 6.07 Å². The summed E-state index contributed by atoms with van der Waals surface area (Å²) in [6.45, 7) is 0.0907. The third-order valence-electron chi connectivity index (χ3n) is 4.15. The molecule has 0 aromatic heterocycles. The molecule has 0 fully saturated rings. The van der Waals surface area contributed by atoms with Crippen molar-refractivity contribution in [2.75, 3.05) is 5.32 Å². The number of nitrogens with one attached hydrogen (secondary N) is 1. The second-order valence-electron chi connectivity index (χ2n) is 6.30. The summed E-state index contributed by atoms with van der Waals surface area (Å²) in [5, 5.41) is 9.76. The third-order valence-corrected chi connectivity index (χ3v) is 5.87. The maximum atomic E-state index is 12.3. The lowest BCUT2D eigenvalue weighted by atomic mass is 10.1. The van der Waals surface area contributed by atoms with Gasteiger partial charge in [0.1, 0.15) is 12.4 Å². The topological polar surface area (TPSA) is 87.4 Å². The van der Waals surface area contributed by atoms with Crippen LogP contribution in [0.5, 0.6) is 5.75 Å². The Balaban J connectivity index is 1.71. The fourth-order valence-electron chi connectivity index (χ4n) is 2.71. The number of anilines is 1. The smallest absolute Gasteiger partial charge is 0.228 e. The number of rotatable bonds is 7. The van der Waals surface area contributed by atoms with E-state index in [-0.39, 0.29) is 18.9 Å². The number of carbonyl (C=O) groups is 1. The molecule has 9 heteroatoms. The molecule has 0 radical (unpaired) electrons. The summed E-state index contributed by atoms with van der Waals surface area (Å²) < 4.78 is 17.7. The van der Waals surface area contributed by atoms with Crippen LogP contribution in [-0.4, -0.2) is 10.5 Å². The summed E-state index contributed by atoms with van der Waals surface area (Å²) >= 11 is 16.3. The molecule has 0 bridgehead atoms. The molecule has 0 saturated heterocycles. The molecule has 3 aromatic rings. The second kappa shape index (κ2) is 10.4. The van der Waals surface area contributed by atoms with Crippen LogP contribution in [0.1, 0.15) is 11.1 Å². The van der Waals surface area contributed by atoms with Gasteiger partial charge in [-0.2, -0.15) is 0 Å². The van der Waals surface area contributed by atoms with Gasteiger partial charge in [0.15, 0.2) is 4.90 Å². The quantitative estimate of drug-likeness (QED) is 0.441. The third kappa shape index (κ3) is 6.04. The number of benzene rings is 3. The maximum absolute atomic E-state index is 12.3.